The van der Waals surface area contributed by atoms with Crippen molar-refractivity contribution < 1.29 is 13.6 Å². The summed E-state index contributed by atoms with van der Waals surface area (Å²) in [5.74, 6) is -2.33. The Morgan fingerprint density at radius 2 is 1.94 bits per heavy atom. The third-order valence-corrected chi connectivity index (χ3v) is 4.35. The van der Waals surface area contributed by atoms with Gasteiger partial charge in [0.15, 0.2) is 0 Å². The molecule has 2 atom stereocenters. The average Bonchev–Trinajstić information content (AvgIpc) is 2.77. The van der Waals surface area contributed by atoms with Crippen LogP contribution in [0.15, 0.2) is 0 Å². The average molecular weight is 260 g/mol. The minimum Gasteiger partial charge on any atom is -0.342 e. The molecular formula is C13H22F2N2O. The van der Waals surface area contributed by atoms with Gasteiger partial charge in [0.25, 0.3) is 0 Å². The summed E-state index contributed by atoms with van der Waals surface area (Å²) in [4.78, 5) is 14.0. The molecule has 2 rings (SSSR count). The lowest BCUT2D eigenvalue weighted by Crippen LogP contribution is -2.39. The van der Waals surface area contributed by atoms with Crippen LogP contribution in [0.2, 0.25) is 0 Å². The molecule has 0 aromatic rings. The fourth-order valence-electron chi connectivity index (χ4n) is 2.96. The normalized spacial score (nSPS) is 30.4. The van der Waals surface area contributed by atoms with E-state index < -0.39 is 5.92 Å². The molecule has 1 saturated carbocycles. The van der Waals surface area contributed by atoms with Gasteiger partial charge in [0, 0.05) is 37.9 Å². The number of rotatable bonds is 2. The molecule has 5 heteroatoms. The molecule has 2 fully saturated rings. The van der Waals surface area contributed by atoms with Gasteiger partial charge in [0.1, 0.15) is 0 Å². The van der Waals surface area contributed by atoms with Crippen LogP contribution in [0.25, 0.3) is 0 Å². The second kappa shape index (κ2) is 5.11. The van der Waals surface area contributed by atoms with Gasteiger partial charge < -0.3 is 10.6 Å². The Bertz CT molecular complexity index is 306. The highest BCUT2D eigenvalue weighted by molar-refractivity contribution is 5.79. The van der Waals surface area contributed by atoms with Crippen LogP contribution in [0.1, 0.15) is 39.0 Å². The second-order valence-electron chi connectivity index (χ2n) is 5.82. The minimum absolute atomic E-state index is 0.0636. The van der Waals surface area contributed by atoms with E-state index in [1.54, 1.807) is 0 Å². The van der Waals surface area contributed by atoms with Crippen molar-refractivity contribution in [1.82, 2.24) is 4.90 Å². The first kappa shape index (κ1) is 13.7. The monoisotopic (exact) mass is 260 g/mol. The molecule has 1 amide bonds. The van der Waals surface area contributed by atoms with Crippen molar-refractivity contribution in [2.24, 2.45) is 17.6 Å². The highest BCUT2D eigenvalue weighted by Crippen LogP contribution is 2.37. The molecule has 1 heterocycles. The summed E-state index contributed by atoms with van der Waals surface area (Å²) in [7, 11) is 0. The zero-order valence-corrected chi connectivity index (χ0v) is 10.9. The van der Waals surface area contributed by atoms with Crippen LogP contribution in [0, 0.1) is 11.8 Å². The quantitative estimate of drug-likeness (QED) is 0.825. The predicted molar refractivity (Wildman–Crippen MR) is 65.2 cm³/mol. The van der Waals surface area contributed by atoms with Gasteiger partial charge in [-0.3, -0.25) is 4.79 Å². The maximum atomic E-state index is 13.0. The van der Waals surface area contributed by atoms with E-state index in [-0.39, 0.29) is 30.7 Å². The van der Waals surface area contributed by atoms with Crippen molar-refractivity contribution in [2.45, 2.75) is 51.0 Å². The molecule has 1 aliphatic carbocycles. The van der Waals surface area contributed by atoms with Gasteiger partial charge >= 0.3 is 0 Å². The fraction of sp³-hybridized carbons (Fsp3) is 0.923. The van der Waals surface area contributed by atoms with E-state index in [1.165, 1.54) is 0 Å². The van der Waals surface area contributed by atoms with Crippen LogP contribution in [0.4, 0.5) is 8.78 Å². The molecule has 2 N–H and O–H groups in total. The van der Waals surface area contributed by atoms with Gasteiger partial charge in [-0.15, -0.1) is 0 Å². The maximum absolute atomic E-state index is 13.0. The highest BCUT2D eigenvalue weighted by atomic mass is 19.3. The van der Waals surface area contributed by atoms with E-state index in [2.05, 4.69) is 0 Å². The van der Waals surface area contributed by atoms with Crippen molar-refractivity contribution in [3.05, 3.63) is 0 Å². The summed E-state index contributed by atoms with van der Waals surface area (Å²) in [6.45, 7) is 3.39. The highest BCUT2D eigenvalue weighted by Gasteiger charge is 2.40. The number of amides is 1. The van der Waals surface area contributed by atoms with Crippen molar-refractivity contribution in [2.75, 3.05) is 13.1 Å². The van der Waals surface area contributed by atoms with Crippen molar-refractivity contribution in [3.8, 4) is 0 Å². The first-order valence-corrected chi connectivity index (χ1v) is 6.81. The van der Waals surface area contributed by atoms with Crippen LogP contribution < -0.4 is 5.73 Å². The van der Waals surface area contributed by atoms with Crippen LogP contribution in [0.3, 0.4) is 0 Å². The molecule has 0 spiro atoms. The van der Waals surface area contributed by atoms with E-state index in [0.717, 1.165) is 13.0 Å². The van der Waals surface area contributed by atoms with E-state index in [0.29, 0.717) is 25.3 Å². The zero-order chi connectivity index (χ0) is 13.3. The first-order chi connectivity index (χ1) is 8.39. The fourth-order valence-corrected chi connectivity index (χ4v) is 2.96. The largest absolute Gasteiger partial charge is 0.342 e. The Kier molecular flexibility index (Phi) is 3.90. The van der Waals surface area contributed by atoms with Crippen LogP contribution in [-0.4, -0.2) is 35.9 Å². The molecule has 2 aliphatic rings. The lowest BCUT2D eigenvalue weighted by molar-refractivity contribution is -0.138. The molecule has 0 radical (unpaired) electrons. The summed E-state index contributed by atoms with van der Waals surface area (Å²) >= 11 is 0. The van der Waals surface area contributed by atoms with E-state index >= 15 is 0 Å². The van der Waals surface area contributed by atoms with Gasteiger partial charge in [-0.2, -0.15) is 0 Å². The Balaban J connectivity index is 1.86. The van der Waals surface area contributed by atoms with Gasteiger partial charge in [-0.1, -0.05) is 0 Å². The van der Waals surface area contributed by atoms with Crippen molar-refractivity contribution >= 4 is 5.91 Å². The van der Waals surface area contributed by atoms with E-state index in [9.17, 15) is 13.6 Å². The van der Waals surface area contributed by atoms with Gasteiger partial charge in [-0.05, 0) is 32.1 Å². The molecule has 0 bridgehead atoms. The number of hydrogen-bond acceptors (Lipinski definition) is 2. The molecule has 18 heavy (non-hydrogen) atoms. The number of nitrogens with two attached hydrogens (primary N) is 1. The Labute approximate surface area is 107 Å². The molecule has 3 nitrogen and oxygen atoms in total. The molecule has 0 aromatic heterocycles. The summed E-state index contributed by atoms with van der Waals surface area (Å²) in [6, 6.07) is 0.0958. The van der Waals surface area contributed by atoms with Gasteiger partial charge in [0.05, 0.1) is 0 Å². The minimum atomic E-state index is -2.56. The summed E-state index contributed by atoms with van der Waals surface area (Å²) < 4.78 is 26.1. The SMILES string of the molecule is CC(N)C1CCN(C(=O)C2CCC(F)(F)CC2)C1. The molecule has 1 aliphatic heterocycles. The second-order valence-corrected chi connectivity index (χ2v) is 5.82. The van der Waals surface area contributed by atoms with E-state index in [1.807, 2.05) is 11.8 Å². The molecule has 2 unspecified atom stereocenters. The molecule has 0 aromatic carbocycles. The number of halogens is 2. The lowest BCUT2D eigenvalue weighted by atomic mass is 9.86. The number of alkyl halides is 2. The number of likely N-dealkylation sites (tertiary alicyclic amines) is 1. The maximum Gasteiger partial charge on any atom is 0.248 e. The number of carbonyl (C=O) groups excluding carboxylic acids is 1. The zero-order valence-electron chi connectivity index (χ0n) is 10.9. The first-order valence-electron chi connectivity index (χ1n) is 6.81. The Hall–Kier alpha value is -0.710. The van der Waals surface area contributed by atoms with E-state index in [4.69, 9.17) is 5.73 Å². The topological polar surface area (TPSA) is 46.3 Å². The smallest absolute Gasteiger partial charge is 0.248 e. The summed E-state index contributed by atoms with van der Waals surface area (Å²) in [5.41, 5.74) is 5.84. The van der Waals surface area contributed by atoms with Crippen LogP contribution in [0.5, 0.6) is 0 Å². The lowest BCUT2D eigenvalue weighted by Gasteiger charge is -2.30. The Morgan fingerprint density at radius 1 is 1.33 bits per heavy atom. The third-order valence-electron chi connectivity index (χ3n) is 4.35. The predicted octanol–water partition coefficient (Wildman–Crippen LogP) is 2.01. The summed E-state index contributed by atoms with van der Waals surface area (Å²) in [6.07, 6.45) is 1.30. The standard InChI is InChI=1S/C13H22F2N2O/c1-9(16)11-4-7-17(8-11)12(18)10-2-5-13(14,15)6-3-10/h9-11H,2-8,16H2,1H3. The number of carbonyl (C=O) groups is 1. The molecular weight excluding hydrogens is 238 g/mol. The summed E-state index contributed by atoms with van der Waals surface area (Å²) in [5, 5.41) is 0. The molecule has 104 valence electrons. The van der Waals surface area contributed by atoms with Crippen LogP contribution in [-0.2, 0) is 4.79 Å². The number of nitrogens with zero attached hydrogens (tertiary/aromatic N) is 1. The Morgan fingerprint density at radius 3 is 2.44 bits per heavy atom. The number of hydrogen-bond donors (Lipinski definition) is 1. The third kappa shape index (κ3) is 2.99. The van der Waals surface area contributed by atoms with Gasteiger partial charge in [0.2, 0.25) is 11.8 Å². The molecule has 1 saturated heterocycles. The van der Waals surface area contributed by atoms with Crippen molar-refractivity contribution in [3.63, 3.8) is 0 Å². The van der Waals surface area contributed by atoms with Gasteiger partial charge in [-0.25, -0.2) is 8.78 Å². The van der Waals surface area contributed by atoms with Crippen molar-refractivity contribution in [1.29, 1.82) is 0 Å². The van der Waals surface area contributed by atoms with Crippen LogP contribution >= 0.6 is 0 Å².